The Labute approximate surface area is 168 Å². The number of thiophene rings is 1. The number of hydrogen-bond donors (Lipinski definition) is 3. The van der Waals surface area contributed by atoms with Crippen molar-refractivity contribution < 1.29 is 14.6 Å². The number of aliphatic hydroxyl groups excluding tert-OH is 1. The summed E-state index contributed by atoms with van der Waals surface area (Å²) in [5.41, 5.74) is 0.476. The van der Waals surface area contributed by atoms with Gasteiger partial charge in [-0.25, -0.2) is 4.79 Å². The molecule has 0 saturated heterocycles. The summed E-state index contributed by atoms with van der Waals surface area (Å²) in [4.78, 5) is 14.7. The normalized spacial score (nSPS) is 16.7. The lowest BCUT2D eigenvalue weighted by molar-refractivity contribution is 0.203. The number of urea groups is 1. The molecule has 5 nitrogen and oxygen atoms in total. The topological polar surface area (TPSA) is 70.6 Å². The Kier molecular flexibility index (Phi) is 6.29. The molecule has 0 unspecified atom stereocenters. The van der Waals surface area contributed by atoms with Crippen LogP contribution < -0.4 is 15.4 Å². The minimum atomic E-state index is -0.464. The molecule has 146 valence electrons. The van der Waals surface area contributed by atoms with E-state index in [1.54, 1.807) is 43.6 Å². The maximum atomic E-state index is 12.5. The van der Waals surface area contributed by atoms with E-state index in [1.165, 1.54) is 4.88 Å². The van der Waals surface area contributed by atoms with E-state index in [1.807, 2.05) is 6.07 Å². The number of methoxy groups -OCH3 is 1. The van der Waals surface area contributed by atoms with E-state index >= 15 is 0 Å². The summed E-state index contributed by atoms with van der Waals surface area (Å²) < 4.78 is 5.27. The number of halogens is 1. The Morgan fingerprint density at radius 1 is 1.33 bits per heavy atom. The molecule has 0 radical (unpaired) electrons. The van der Waals surface area contributed by atoms with Crippen molar-refractivity contribution in [3.63, 3.8) is 0 Å². The number of amides is 2. The number of benzene rings is 1. The monoisotopic (exact) mass is 408 g/mol. The smallest absolute Gasteiger partial charge is 0.319 e. The number of ether oxygens (including phenoxy) is 1. The van der Waals surface area contributed by atoms with Gasteiger partial charge in [0.1, 0.15) is 5.75 Å². The number of aliphatic hydroxyl groups is 1. The molecule has 1 heterocycles. The van der Waals surface area contributed by atoms with Gasteiger partial charge in [0.2, 0.25) is 0 Å². The first-order valence-corrected chi connectivity index (χ1v) is 10.3. The molecule has 3 rings (SSSR count). The first kappa shape index (κ1) is 20.0. The third-order valence-corrected chi connectivity index (χ3v) is 6.86. The zero-order valence-electron chi connectivity index (χ0n) is 15.5. The van der Waals surface area contributed by atoms with Crippen LogP contribution in [0.1, 0.15) is 48.5 Å². The van der Waals surface area contributed by atoms with Crippen LogP contribution in [-0.4, -0.2) is 24.8 Å². The lowest BCUT2D eigenvalue weighted by Crippen LogP contribution is -2.40. The van der Waals surface area contributed by atoms with Crippen molar-refractivity contribution in [2.45, 2.75) is 44.1 Å². The Bertz CT molecular complexity index is 800. The van der Waals surface area contributed by atoms with Crippen LogP contribution in [-0.2, 0) is 5.41 Å². The second kappa shape index (κ2) is 8.50. The van der Waals surface area contributed by atoms with Gasteiger partial charge in [-0.3, -0.25) is 0 Å². The first-order chi connectivity index (χ1) is 12.9. The minimum Gasteiger partial charge on any atom is -0.495 e. The molecule has 2 amide bonds. The standard InChI is InChI=1S/C20H25ClN2O3S/c1-13(24)17-7-8-18(27-17)20(9-3-4-10-20)12-22-19(25)23-15-11-14(21)5-6-16(15)26-2/h5-8,11,13,24H,3-4,9-10,12H2,1-2H3,(H2,22,23,25)/t13-/m0/s1. The highest BCUT2D eigenvalue weighted by Gasteiger charge is 2.37. The van der Waals surface area contributed by atoms with Gasteiger partial charge in [0.15, 0.2) is 0 Å². The molecule has 1 aromatic carbocycles. The number of nitrogens with one attached hydrogen (secondary N) is 2. The van der Waals surface area contributed by atoms with Crippen LogP contribution in [0, 0.1) is 0 Å². The van der Waals surface area contributed by atoms with Gasteiger partial charge in [0.25, 0.3) is 0 Å². The van der Waals surface area contributed by atoms with E-state index in [2.05, 4.69) is 16.7 Å². The largest absolute Gasteiger partial charge is 0.495 e. The van der Waals surface area contributed by atoms with Crippen molar-refractivity contribution >= 4 is 34.7 Å². The van der Waals surface area contributed by atoms with Gasteiger partial charge in [-0.15, -0.1) is 11.3 Å². The molecule has 0 aliphatic heterocycles. The van der Waals surface area contributed by atoms with Gasteiger partial charge in [-0.05, 0) is 50.1 Å². The van der Waals surface area contributed by atoms with Gasteiger partial charge in [-0.1, -0.05) is 24.4 Å². The van der Waals surface area contributed by atoms with Crippen LogP contribution in [0.15, 0.2) is 30.3 Å². The van der Waals surface area contributed by atoms with Gasteiger partial charge in [-0.2, -0.15) is 0 Å². The number of carbonyl (C=O) groups is 1. The number of carbonyl (C=O) groups excluding carboxylic acids is 1. The number of hydrogen-bond acceptors (Lipinski definition) is 4. The van der Waals surface area contributed by atoms with Crippen molar-refractivity contribution in [2.24, 2.45) is 0 Å². The van der Waals surface area contributed by atoms with E-state index in [-0.39, 0.29) is 11.4 Å². The third kappa shape index (κ3) is 4.57. The molecule has 1 aliphatic rings. The molecular formula is C20H25ClN2O3S. The fourth-order valence-electron chi connectivity index (χ4n) is 3.62. The highest BCUT2D eigenvalue weighted by atomic mass is 35.5. The van der Waals surface area contributed by atoms with E-state index < -0.39 is 6.10 Å². The predicted molar refractivity (Wildman–Crippen MR) is 110 cm³/mol. The van der Waals surface area contributed by atoms with Gasteiger partial charge >= 0.3 is 6.03 Å². The van der Waals surface area contributed by atoms with E-state index in [0.29, 0.717) is 23.0 Å². The van der Waals surface area contributed by atoms with E-state index in [4.69, 9.17) is 16.3 Å². The molecule has 1 aromatic heterocycles. The molecule has 0 bridgehead atoms. The predicted octanol–water partition coefficient (Wildman–Crippen LogP) is 5.10. The fraction of sp³-hybridized carbons (Fsp3) is 0.450. The summed E-state index contributed by atoms with van der Waals surface area (Å²) >= 11 is 7.66. The molecule has 1 atom stereocenters. The molecular weight excluding hydrogens is 384 g/mol. The highest BCUT2D eigenvalue weighted by molar-refractivity contribution is 7.12. The minimum absolute atomic E-state index is 0.0619. The molecule has 1 aliphatic carbocycles. The molecule has 2 aromatic rings. The first-order valence-electron chi connectivity index (χ1n) is 9.10. The summed E-state index contributed by atoms with van der Waals surface area (Å²) in [6.07, 6.45) is 3.90. The maximum absolute atomic E-state index is 12.5. The summed E-state index contributed by atoms with van der Waals surface area (Å²) in [7, 11) is 1.55. The molecule has 1 saturated carbocycles. The lowest BCUT2D eigenvalue weighted by Gasteiger charge is -2.28. The fourth-order valence-corrected chi connectivity index (χ4v) is 4.98. The van der Waals surface area contributed by atoms with Crippen LogP contribution in [0.5, 0.6) is 5.75 Å². The van der Waals surface area contributed by atoms with Crippen LogP contribution in [0.25, 0.3) is 0 Å². The molecule has 7 heteroatoms. The molecule has 0 spiro atoms. The summed E-state index contributed by atoms with van der Waals surface area (Å²) in [6.45, 7) is 2.34. The second-order valence-corrected chi connectivity index (χ2v) is 8.57. The van der Waals surface area contributed by atoms with Crippen molar-refractivity contribution in [2.75, 3.05) is 19.0 Å². The average molecular weight is 409 g/mol. The SMILES string of the molecule is COc1ccc(Cl)cc1NC(=O)NCC1(c2ccc([C@H](C)O)s2)CCCC1. The van der Waals surface area contributed by atoms with E-state index in [0.717, 1.165) is 30.6 Å². The third-order valence-electron chi connectivity index (χ3n) is 5.12. The maximum Gasteiger partial charge on any atom is 0.319 e. The van der Waals surface area contributed by atoms with Gasteiger partial charge < -0.3 is 20.5 Å². The number of rotatable bonds is 6. The molecule has 27 heavy (non-hydrogen) atoms. The molecule has 3 N–H and O–H groups in total. The summed E-state index contributed by atoms with van der Waals surface area (Å²) in [5, 5.41) is 16.2. The zero-order valence-corrected chi connectivity index (χ0v) is 17.1. The van der Waals surface area contributed by atoms with Crippen molar-refractivity contribution in [3.05, 3.63) is 45.1 Å². The summed E-state index contributed by atoms with van der Waals surface area (Å²) in [6, 6.07) is 8.90. The van der Waals surface area contributed by atoms with Crippen molar-refractivity contribution in [1.82, 2.24) is 5.32 Å². The Morgan fingerprint density at radius 2 is 2.07 bits per heavy atom. The van der Waals surface area contributed by atoms with Crippen LogP contribution in [0.2, 0.25) is 5.02 Å². The van der Waals surface area contributed by atoms with Crippen LogP contribution in [0.4, 0.5) is 10.5 Å². The lowest BCUT2D eigenvalue weighted by atomic mass is 9.84. The van der Waals surface area contributed by atoms with Gasteiger partial charge in [0, 0.05) is 26.7 Å². The van der Waals surface area contributed by atoms with E-state index in [9.17, 15) is 9.90 Å². The Morgan fingerprint density at radius 3 is 2.70 bits per heavy atom. The Balaban J connectivity index is 1.69. The Hall–Kier alpha value is -1.76. The highest BCUT2D eigenvalue weighted by Crippen LogP contribution is 2.44. The molecule has 1 fully saturated rings. The average Bonchev–Trinajstić information content (AvgIpc) is 3.30. The van der Waals surface area contributed by atoms with Crippen LogP contribution >= 0.6 is 22.9 Å². The van der Waals surface area contributed by atoms with Gasteiger partial charge in [0.05, 0.1) is 18.9 Å². The zero-order chi connectivity index (χ0) is 19.4. The van der Waals surface area contributed by atoms with Crippen LogP contribution in [0.3, 0.4) is 0 Å². The second-order valence-electron chi connectivity index (χ2n) is 7.02. The van der Waals surface area contributed by atoms with Crippen molar-refractivity contribution in [1.29, 1.82) is 0 Å². The van der Waals surface area contributed by atoms with Crippen molar-refractivity contribution in [3.8, 4) is 5.75 Å². The number of anilines is 1. The quantitative estimate of drug-likeness (QED) is 0.622. The summed E-state index contributed by atoms with van der Waals surface area (Å²) in [5.74, 6) is 0.560.